The molecular formula is C11H14ClNO. The summed E-state index contributed by atoms with van der Waals surface area (Å²) in [5.41, 5.74) is 1.38. The molecule has 0 radical (unpaired) electrons. The minimum absolute atomic E-state index is 0.178. The van der Waals surface area contributed by atoms with Crippen molar-refractivity contribution in [2.45, 2.75) is 20.8 Å². The fourth-order valence-electron chi connectivity index (χ4n) is 1.25. The topological polar surface area (TPSA) is 32.6 Å². The highest BCUT2D eigenvalue weighted by Gasteiger charge is 2.21. The number of oxime groups is 1. The Kier molecular flexibility index (Phi) is 3.17. The number of halogens is 1. The zero-order chi connectivity index (χ0) is 10.8. The third-order valence-corrected chi connectivity index (χ3v) is 2.18. The average molecular weight is 212 g/mol. The minimum atomic E-state index is -0.178. The molecule has 0 aliphatic heterocycles. The van der Waals surface area contributed by atoms with E-state index in [4.69, 9.17) is 16.8 Å². The molecule has 1 rings (SSSR count). The standard InChI is InChI=1S/C11H14ClNO/c1-11(2,3)10(13-14)8-4-6-9(12)7-5-8/h4-7,14H,1-3H3. The van der Waals surface area contributed by atoms with Crippen LogP contribution in [-0.2, 0) is 0 Å². The molecule has 0 saturated heterocycles. The molecule has 0 aromatic heterocycles. The van der Waals surface area contributed by atoms with E-state index < -0.39 is 0 Å². The van der Waals surface area contributed by atoms with E-state index in [9.17, 15) is 0 Å². The largest absolute Gasteiger partial charge is 0.411 e. The lowest BCUT2D eigenvalue weighted by Crippen LogP contribution is -2.21. The normalized spacial score (nSPS) is 13.0. The van der Waals surface area contributed by atoms with Crippen LogP contribution in [0.15, 0.2) is 29.4 Å². The van der Waals surface area contributed by atoms with Gasteiger partial charge in [-0.3, -0.25) is 0 Å². The molecule has 14 heavy (non-hydrogen) atoms. The Hall–Kier alpha value is -1.02. The molecule has 0 saturated carbocycles. The third kappa shape index (κ3) is 2.48. The van der Waals surface area contributed by atoms with Crippen LogP contribution in [-0.4, -0.2) is 10.9 Å². The van der Waals surface area contributed by atoms with Gasteiger partial charge in [-0.1, -0.05) is 49.7 Å². The van der Waals surface area contributed by atoms with Crippen LogP contribution in [0.3, 0.4) is 0 Å². The molecule has 0 unspecified atom stereocenters. The molecule has 0 heterocycles. The van der Waals surface area contributed by atoms with E-state index in [-0.39, 0.29) is 5.41 Å². The van der Waals surface area contributed by atoms with E-state index in [1.165, 1.54) is 0 Å². The Balaban J connectivity index is 3.10. The van der Waals surface area contributed by atoms with Crippen molar-refractivity contribution in [2.24, 2.45) is 10.6 Å². The Bertz CT molecular complexity index is 335. The van der Waals surface area contributed by atoms with E-state index in [0.29, 0.717) is 10.7 Å². The van der Waals surface area contributed by atoms with Crippen molar-refractivity contribution in [3.8, 4) is 0 Å². The highest BCUT2D eigenvalue weighted by Crippen LogP contribution is 2.22. The van der Waals surface area contributed by atoms with Gasteiger partial charge in [0.25, 0.3) is 0 Å². The smallest absolute Gasteiger partial charge is 0.0921 e. The van der Waals surface area contributed by atoms with Gasteiger partial charge in [0.2, 0.25) is 0 Å². The molecule has 2 nitrogen and oxygen atoms in total. The van der Waals surface area contributed by atoms with Gasteiger partial charge in [-0.2, -0.15) is 0 Å². The van der Waals surface area contributed by atoms with Crippen LogP contribution in [0.4, 0.5) is 0 Å². The van der Waals surface area contributed by atoms with Crippen molar-refractivity contribution in [3.05, 3.63) is 34.9 Å². The quantitative estimate of drug-likeness (QED) is 0.430. The summed E-state index contributed by atoms with van der Waals surface area (Å²) in [4.78, 5) is 0. The molecule has 76 valence electrons. The molecule has 0 spiro atoms. The number of nitrogens with zero attached hydrogens (tertiary/aromatic N) is 1. The Labute approximate surface area is 89.2 Å². The first-order chi connectivity index (χ1) is 6.45. The van der Waals surface area contributed by atoms with Crippen LogP contribution in [0.5, 0.6) is 0 Å². The molecule has 3 heteroatoms. The summed E-state index contributed by atoms with van der Waals surface area (Å²) in [5, 5.41) is 13.0. The van der Waals surface area contributed by atoms with Crippen molar-refractivity contribution < 1.29 is 5.21 Å². The first-order valence-electron chi connectivity index (χ1n) is 4.43. The van der Waals surface area contributed by atoms with Gasteiger partial charge in [-0.05, 0) is 17.7 Å². The first kappa shape index (κ1) is 11.1. The predicted octanol–water partition coefficient (Wildman–Crippen LogP) is 3.56. The summed E-state index contributed by atoms with van der Waals surface area (Å²) in [6.45, 7) is 5.99. The second-order valence-electron chi connectivity index (χ2n) is 4.21. The van der Waals surface area contributed by atoms with Crippen LogP contribution in [0.2, 0.25) is 5.02 Å². The predicted molar refractivity (Wildman–Crippen MR) is 59.2 cm³/mol. The molecule has 0 atom stereocenters. The van der Waals surface area contributed by atoms with E-state index in [0.717, 1.165) is 5.56 Å². The molecule has 0 aliphatic carbocycles. The number of hydrogen-bond donors (Lipinski definition) is 1. The lowest BCUT2D eigenvalue weighted by Gasteiger charge is -2.19. The zero-order valence-corrected chi connectivity index (χ0v) is 9.34. The second-order valence-corrected chi connectivity index (χ2v) is 4.64. The summed E-state index contributed by atoms with van der Waals surface area (Å²) >= 11 is 5.77. The van der Waals surface area contributed by atoms with Crippen molar-refractivity contribution in [3.63, 3.8) is 0 Å². The summed E-state index contributed by atoms with van der Waals surface area (Å²) in [7, 11) is 0. The maximum atomic E-state index is 8.94. The van der Waals surface area contributed by atoms with Gasteiger partial charge in [0.05, 0.1) is 5.71 Å². The minimum Gasteiger partial charge on any atom is -0.411 e. The summed E-state index contributed by atoms with van der Waals surface area (Å²) in [6, 6.07) is 7.27. The van der Waals surface area contributed by atoms with E-state index in [1.54, 1.807) is 12.1 Å². The van der Waals surface area contributed by atoms with E-state index in [1.807, 2.05) is 32.9 Å². The Morgan fingerprint density at radius 3 is 2.07 bits per heavy atom. The molecule has 1 N–H and O–H groups in total. The molecule has 1 aromatic carbocycles. The van der Waals surface area contributed by atoms with Gasteiger partial charge < -0.3 is 5.21 Å². The van der Waals surface area contributed by atoms with Gasteiger partial charge in [0.1, 0.15) is 0 Å². The maximum absolute atomic E-state index is 8.94. The number of benzene rings is 1. The van der Waals surface area contributed by atoms with E-state index >= 15 is 0 Å². The summed E-state index contributed by atoms with van der Waals surface area (Å²) < 4.78 is 0. The van der Waals surface area contributed by atoms with Crippen molar-refractivity contribution >= 4 is 17.3 Å². The number of hydrogen-bond acceptors (Lipinski definition) is 2. The zero-order valence-electron chi connectivity index (χ0n) is 8.58. The lowest BCUT2D eigenvalue weighted by atomic mass is 9.86. The maximum Gasteiger partial charge on any atom is 0.0921 e. The van der Waals surface area contributed by atoms with Crippen molar-refractivity contribution in [1.29, 1.82) is 0 Å². The van der Waals surface area contributed by atoms with Crippen LogP contribution in [0.25, 0.3) is 0 Å². The second kappa shape index (κ2) is 4.01. The van der Waals surface area contributed by atoms with Crippen molar-refractivity contribution in [2.75, 3.05) is 0 Å². The van der Waals surface area contributed by atoms with Crippen molar-refractivity contribution in [1.82, 2.24) is 0 Å². The van der Waals surface area contributed by atoms with Gasteiger partial charge >= 0.3 is 0 Å². The van der Waals surface area contributed by atoms with Crippen LogP contribution < -0.4 is 0 Å². The highest BCUT2D eigenvalue weighted by atomic mass is 35.5. The van der Waals surface area contributed by atoms with Crippen LogP contribution >= 0.6 is 11.6 Å². The SMILES string of the molecule is CC(C)(C)C(=NO)c1ccc(Cl)cc1. The van der Waals surface area contributed by atoms with Gasteiger partial charge in [0.15, 0.2) is 0 Å². The Morgan fingerprint density at radius 2 is 1.71 bits per heavy atom. The van der Waals surface area contributed by atoms with Gasteiger partial charge in [-0.25, -0.2) is 0 Å². The lowest BCUT2D eigenvalue weighted by molar-refractivity contribution is 0.311. The first-order valence-corrected chi connectivity index (χ1v) is 4.81. The van der Waals surface area contributed by atoms with E-state index in [2.05, 4.69) is 5.16 Å². The van der Waals surface area contributed by atoms with Crippen LogP contribution in [0, 0.1) is 5.41 Å². The fraction of sp³-hybridized carbons (Fsp3) is 0.364. The highest BCUT2D eigenvalue weighted by molar-refractivity contribution is 6.30. The summed E-state index contributed by atoms with van der Waals surface area (Å²) in [5.74, 6) is 0. The molecule has 0 fully saturated rings. The fourth-order valence-corrected chi connectivity index (χ4v) is 1.37. The molecule has 0 bridgehead atoms. The summed E-state index contributed by atoms with van der Waals surface area (Å²) in [6.07, 6.45) is 0. The Morgan fingerprint density at radius 1 is 1.21 bits per heavy atom. The third-order valence-electron chi connectivity index (χ3n) is 1.93. The molecular weight excluding hydrogens is 198 g/mol. The number of rotatable bonds is 1. The van der Waals surface area contributed by atoms with Crippen LogP contribution in [0.1, 0.15) is 26.3 Å². The monoisotopic (exact) mass is 211 g/mol. The molecule has 0 aliphatic rings. The van der Waals surface area contributed by atoms with Gasteiger partial charge in [0, 0.05) is 10.4 Å². The van der Waals surface area contributed by atoms with Gasteiger partial charge in [-0.15, -0.1) is 0 Å². The molecule has 1 aromatic rings. The average Bonchev–Trinajstić information content (AvgIpc) is 2.07. The molecule has 0 amide bonds.